The summed E-state index contributed by atoms with van der Waals surface area (Å²) in [4.78, 5) is 24.0. The van der Waals surface area contributed by atoms with E-state index >= 15 is 0 Å². The van der Waals surface area contributed by atoms with Crippen molar-refractivity contribution in [1.29, 1.82) is 0 Å². The normalized spacial score (nSPS) is 13.6. The highest BCUT2D eigenvalue weighted by Crippen LogP contribution is 2.50. The van der Waals surface area contributed by atoms with Crippen molar-refractivity contribution in [3.05, 3.63) is 143 Å². The minimum atomic E-state index is -0.134. The first-order valence-electron chi connectivity index (χ1n) is 14.6. The van der Waals surface area contributed by atoms with Crippen LogP contribution in [0.5, 0.6) is 0 Å². The van der Waals surface area contributed by atoms with Crippen LogP contribution in [0.4, 0.5) is 0 Å². The van der Waals surface area contributed by atoms with Crippen LogP contribution in [-0.4, -0.2) is 19.1 Å². The topological polar surface area (TPSA) is 52.7 Å². The fourth-order valence-electron chi connectivity index (χ4n) is 7.15. The van der Waals surface area contributed by atoms with E-state index in [4.69, 9.17) is 9.97 Å². The summed E-state index contributed by atoms with van der Waals surface area (Å²) in [7, 11) is 0. The predicted molar refractivity (Wildman–Crippen MR) is 175 cm³/mol. The van der Waals surface area contributed by atoms with Gasteiger partial charge in [-0.25, -0.2) is 9.97 Å². The minimum Gasteiger partial charge on any atom is -0.278 e. The first kappa shape index (κ1) is 24.1. The maximum Gasteiger partial charge on any atom is 0.266 e. The summed E-state index contributed by atoms with van der Waals surface area (Å²) in [5.74, 6) is 0.547. The first-order valence-corrected chi connectivity index (χ1v) is 14.6. The zero-order chi connectivity index (χ0) is 28.9. The van der Waals surface area contributed by atoms with E-state index in [0.717, 1.165) is 33.0 Å². The van der Waals surface area contributed by atoms with Crippen molar-refractivity contribution in [3.63, 3.8) is 0 Å². The van der Waals surface area contributed by atoms with E-state index in [0.29, 0.717) is 16.9 Å². The Morgan fingerprint density at radius 1 is 0.581 bits per heavy atom. The molecule has 1 aliphatic rings. The smallest absolute Gasteiger partial charge is 0.266 e. The number of pyridine rings is 1. The van der Waals surface area contributed by atoms with Gasteiger partial charge in [-0.1, -0.05) is 92.7 Å². The van der Waals surface area contributed by atoms with Gasteiger partial charge in [-0.2, -0.15) is 0 Å². The maximum absolute atomic E-state index is 13.9. The number of hydrogen-bond acceptors (Lipinski definition) is 3. The zero-order valence-electron chi connectivity index (χ0n) is 23.7. The van der Waals surface area contributed by atoms with Gasteiger partial charge in [0.25, 0.3) is 5.56 Å². The lowest BCUT2D eigenvalue weighted by Gasteiger charge is -2.21. The molecule has 1 aliphatic carbocycles. The third-order valence-corrected chi connectivity index (χ3v) is 9.20. The van der Waals surface area contributed by atoms with Crippen molar-refractivity contribution in [2.75, 3.05) is 0 Å². The molecule has 0 amide bonds. The van der Waals surface area contributed by atoms with Crippen molar-refractivity contribution in [2.24, 2.45) is 0 Å². The largest absolute Gasteiger partial charge is 0.278 e. The van der Waals surface area contributed by atoms with Crippen LogP contribution in [-0.2, 0) is 5.41 Å². The monoisotopic (exact) mass is 554 g/mol. The molecule has 3 aromatic heterocycles. The van der Waals surface area contributed by atoms with E-state index in [1.165, 1.54) is 27.6 Å². The lowest BCUT2D eigenvalue weighted by atomic mass is 9.82. The SMILES string of the molecule is CC1(C)c2ccccc2-c2cc3c(cc21)c1ccccc1n3-c1ncc2c(=O)n(-c3ccccc3)c3ccccc3c2n1. The minimum absolute atomic E-state index is 0.0969. The number of fused-ring (bicyclic) bond motifs is 9. The summed E-state index contributed by atoms with van der Waals surface area (Å²) < 4.78 is 3.90. The van der Waals surface area contributed by atoms with Crippen LogP contribution in [0.1, 0.15) is 25.0 Å². The second kappa shape index (κ2) is 8.49. The van der Waals surface area contributed by atoms with E-state index in [1.807, 2.05) is 54.6 Å². The molecule has 0 aliphatic heterocycles. The molecule has 0 saturated carbocycles. The number of para-hydroxylation sites is 3. The molecule has 0 unspecified atom stereocenters. The molecule has 5 nitrogen and oxygen atoms in total. The zero-order valence-corrected chi connectivity index (χ0v) is 23.7. The Bertz CT molecular complexity index is 2500. The Labute approximate surface area is 247 Å². The molecule has 0 atom stereocenters. The highest BCUT2D eigenvalue weighted by molar-refractivity contribution is 6.11. The molecule has 5 heteroatoms. The lowest BCUT2D eigenvalue weighted by Crippen LogP contribution is -2.20. The van der Waals surface area contributed by atoms with Crippen molar-refractivity contribution < 1.29 is 0 Å². The fourth-order valence-corrected chi connectivity index (χ4v) is 7.15. The number of aromatic nitrogens is 4. The summed E-state index contributed by atoms with van der Waals surface area (Å²) >= 11 is 0. The van der Waals surface area contributed by atoms with E-state index in [9.17, 15) is 4.79 Å². The van der Waals surface area contributed by atoms with Crippen LogP contribution in [0.3, 0.4) is 0 Å². The average Bonchev–Trinajstić information content (AvgIpc) is 3.49. The van der Waals surface area contributed by atoms with Crippen LogP contribution in [0.25, 0.3) is 66.4 Å². The molecule has 0 bridgehead atoms. The number of benzene rings is 5. The van der Waals surface area contributed by atoms with Gasteiger partial charge in [0.05, 0.1) is 27.5 Å². The van der Waals surface area contributed by atoms with Crippen molar-refractivity contribution >= 4 is 43.6 Å². The van der Waals surface area contributed by atoms with Gasteiger partial charge in [-0.15, -0.1) is 0 Å². The third kappa shape index (κ3) is 3.19. The molecule has 0 fully saturated rings. The van der Waals surface area contributed by atoms with E-state index in [-0.39, 0.29) is 11.0 Å². The Balaban J connectivity index is 1.37. The van der Waals surface area contributed by atoms with Gasteiger partial charge in [0.1, 0.15) is 0 Å². The molecule has 8 aromatic rings. The fraction of sp³-hybridized carbons (Fsp3) is 0.0789. The quantitative estimate of drug-likeness (QED) is 0.202. The lowest BCUT2D eigenvalue weighted by molar-refractivity contribution is 0.661. The Morgan fingerprint density at radius 3 is 2.07 bits per heavy atom. The molecule has 43 heavy (non-hydrogen) atoms. The van der Waals surface area contributed by atoms with Crippen LogP contribution >= 0.6 is 0 Å². The summed E-state index contributed by atoms with van der Waals surface area (Å²) in [6.07, 6.45) is 1.69. The Morgan fingerprint density at radius 2 is 1.26 bits per heavy atom. The molecule has 9 rings (SSSR count). The van der Waals surface area contributed by atoms with Gasteiger partial charge in [0.2, 0.25) is 5.95 Å². The van der Waals surface area contributed by atoms with Crippen molar-refractivity contribution in [1.82, 2.24) is 19.1 Å². The Kier molecular flexibility index (Phi) is 4.76. The highest BCUT2D eigenvalue weighted by Gasteiger charge is 2.36. The molecular weight excluding hydrogens is 528 g/mol. The second-order valence-corrected chi connectivity index (χ2v) is 11.9. The van der Waals surface area contributed by atoms with Crippen LogP contribution < -0.4 is 5.56 Å². The van der Waals surface area contributed by atoms with E-state index in [1.54, 1.807) is 10.8 Å². The average molecular weight is 555 g/mol. The second-order valence-electron chi connectivity index (χ2n) is 11.9. The van der Waals surface area contributed by atoms with Crippen LogP contribution in [0.2, 0.25) is 0 Å². The Hall–Kier alpha value is -5.55. The van der Waals surface area contributed by atoms with Gasteiger partial charge >= 0.3 is 0 Å². The third-order valence-electron chi connectivity index (χ3n) is 9.20. The molecule has 5 aromatic carbocycles. The molecular formula is C38H26N4O. The molecule has 204 valence electrons. The van der Waals surface area contributed by atoms with Gasteiger partial charge in [-0.3, -0.25) is 13.9 Å². The van der Waals surface area contributed by atoms with Crippen molar-refractivity contribution in [3.8, 4) is 22.8 Å². The van der Waals surface area contributed by atoms with E-state index in [2.05, 4.69) is 79.1 Å². The molecule has 0 radical (unpaired) electrons. The standard InChI is InChI=1S/C38H26N4O/c1-38(2)30-17-9-6-14-24(30)27-21-34-28(20-31(27)38)25-15-7-10-18-32(25)42(34)37-39-22-29-35(40-37)26-16-8-11-19-33(26)41(36(29)43)23-12-4-3-5-13-23/h3-22H,1-2H3. The number of nitrogens with zero attached hydrogens (tertiary/aromatic N) is 4. The van der Waals surface area contributed by atoms with E-state index < -0.39 is 0 Å². The number of hydrogen-bond donors (Lipinski definition) is 0. The van der Waals surface area contributed by atoms with Crippen LogP contribution in [0, 0.1) is 0 Å². The predicted octanol–water partition coefficient (Wildman–Crippen LogP) is 8.34. The van der Waals surface area contributed by atoms with Gasteiger partial charge in [0.15, 0.2) is 0 Å². The molecule has 0 N–H and O–H groups in total. The molecule has 3 heterocycles. The highest BCUT2D eigenvalue weighted by atomic mass is 16.1. The summed E-state index contributed by atoms with van der Waals surface area (Å²) in [5, 5.41) is 3.72. The van der Waals surface area contributed by atoms with Gasteiger partial charge in [0, 0.05) is 33.5 Å². The van der Waals surface area contributed by atoms with Gasteiger partial charge < -0.3 is 0 Å². The van der Waals surface area contributed by atoms with Crippen molar-refractivity contribution in [2.45, 2.75) is 19.3 Å². The summed E-state index contributed by atoms with van der Waals surface area (Å²) in [6.45, 7) is 4.62. The maximum atomic E-state index is 13.9. The summed E-state index contributed by atoms with van der Waals surface area (Å²) in [5.41, 5.74) is 9.32. The molecule has 0 spiro atoms. The molecule has 0 saturated heterocycles. The summed E-state index contributed by atoms with van der Waals surface area (Å²) in [6, 6.07) is 39.5. The van der Waals surface area contributed by atoms with Gasteiger partial charge in [-0.05, 0) is 58.7 Å². The van der Waals surface area contributed by atoms with Crippen LogP contribution in [0.15, 0.2) is 126 Å². The number of rotatable bonds is 2. The first-order chi connectivity index (χ1) is 21.0.